The molecule has 1 fully saturated rings. The van der Waals surface area contributed by atoms with Crippen LogP contribution in [0.3, 0.4) is 0 Å². The van der Waals surface area contributed by atoms with Gasteiger partial charge in [-0.25, -0.2) is 4.98 Å². The van der Waals surface area contributed by atoms with E-state index in [1.54, 1.807) is 0 Å². The van der Waals surface area contributed by atoms with E-state index in [2.05, 4.69) is 17.1 Å². The molecule has 2 aromatic rings. The highest BCUT2D eigenvalue weighted by Gasteiger charge is 2.25. The lowest BCUT2D eigenvalue weighted by Gasteiger charge is -2.26. The van der Waals surface area contributed by atoms with Crippen LogP contribution in [0.4, 0.5) is 0 Å². The zero-order valence-electron chi connectivity index (χ0n) is 16.3. The maximum absolute atomic E-state index is 12.5. The van der Waals surface area contributed by atoms with Crippen molar-refractivity contribution in [2.45, 2.75) is 51.2 Å². The van der Waals surface area contributed by atoms with Crippen LogP contribution >= 0.6 is 0 Å². The van der Waals surface area contributed by atoms with Gasteiger partial charge in [-0.15, -0.1) is 0 Å². The van der Waals surface area contributed by atoms with Crippen molar-refractivity contribution < 1.29 is 18.7 Å². The first-order valence-electron chi connectivity index (χ1n) is 10.3. The number of ether oxygens (including phenoxy) is 2. The van der Waals surface area contributed by atoms with Crippen LogP contribution in [0.2, 0.25) is 0 Å². The van der Waals surface area contributed by atoms with Crippen molar-refractivity contribution >= 4 is 5.91 Å². The fourth-order valence-corrected chi connectivity index (χ4v) is 3.78. The van der Waals surface area contributed by atoms with Gasteiger partial charge in [-0.05, 0) is 31.2 Å². The van der Waals surface area contributed by atoms with E-state index < -0.39 is 0 Å². The van der Waals surface area contributed by atoms with Crippen LogP contribution in [0.1, 0.15) is 42.2 Å². The molecular formula is C22H28N2O4. The molecule has 6 heteroatoms. The Kier molecular flexibility index (Phi) is 6.39. The first-order chi connectivity index (χ1) is 13.8. The van der Waals surface area contributed by atoms with Gasteiger partial charge in [-0.1, -0.05) is 30.3 Å². The molecule has 1 saturated heterocycles. The first-order valence-corrected chi connectivity index (χ1v) is 10.3. The standard InChI is InChI=1S/C22H28N2O4/c25-22(16-26-15-18-8-4-5-13-27-18)24-12-11-20-19(14-24)23-21(28-20)10-9-17-6-2-1-3-7-17/h1-3,6-7,18H,4-5,8-16H2. The van der Waals surface area contributed by atoms with Crippen molar-refractivity contribution in [3.63, 3.8) is 0 Å². The molecule has 28 heavy (non-hydrogen) atoms. The number of oxazole rings is 1. The number of carbonyl (C=O) groups is 1. The highest BCUT2D eigenvalue weighted by atomic mass is 16.5. The van der Waals surface area contributed by atoms with Gasteiger partial charge in [0.05, 0.1) is 19.3 Å². The highest BCUT2D eigenvalue weighted by Crippen LogP contribution is 2.21. The average Bonchev–Trinajstić information content (AvgIpc) is 3.16. The van der Waals surface area contributed by atoms with Crippen LogP contribution in [-0.4, -0.2) is 48.3 Å². The number of hydrogen-bond donors (Lipinski definition) is 0. The van der Waals surface area contributed by atoms with E-state index in [4.69, 9.17) is 13.9 Å². The van der Waals surface area contributed by atoms with Crippen molar-refractivity contribution in [3.8, 4) is 0 Å². The lowest BCUT2D eigenvalue weighted by Crippen LogP contribution is -2.38. The number of rotatable bonds is 7. The smallest absolute Gasteiger partial charge is 0.248 e. The molecule has 1 aromatic carbocycles. The number of aromatic nitrogens is 1. The molecule has 3 heterocycles. The molecule has 0 radical (unpaired) electrons. The molecule has 1 amide bonds. The highest BCUT2D eigenvalue weighted by molar-refractivity contribution is 5.77. The molecule has 2 aliphatic heterocycles. The molecule has 0 spiro atoms. The Morgan fingerprint density at radius 2 is 2.11 bits per heavy atom. The second kappa shape index (κ2) is 9.34. The third kappa shape index (κ3) is 5.00. The van der Waals surface area contributed by atoms with Gasteiger partial charge in [0.25, 0.3) is 0 Å². The Morgan fingerprint density at radius 1 is 1.21 bits per heavy atom. The summed E-state index contributed by atoms with van der Waals surface area (Å²) >= 11 is 0. The summed E-state index contributed by atoms with van der Waals surface area (Å²) in [5, 5.41) is 0. The maximum atomic E-state index is 12.5. The number of nitrogens with zero attached hydrogens (tertiary/aromatic N) is 2. The zero-order valence-corrected chi connectivity index (χ0v) is 16.3. The van der Waals surface area contributed by atoms with Crippen molar-refractivity contribution in [3.05, 3.63) is 53.2 Å². The Balaban J connectivity index is 1.24. The third-order valence-electron chi connectivity index (χ3n) is 5.40. The first kappa shape index (κ1) is 19.2. The fourth-order valence-electron chi connectivity index (χ4n) is 3.78. The molecule has 2 aliphatic rings. The number of amides is 1. The summed E-state index contributed by atoms with van der Waals surface area (Å²) in [5.41, 5.74) is 2.16. The predicted molar refractivity (Wildman–Crippen MR) is 104 cm³/mol. The summed E-state index contributed by atoms with van der Waals surface area (Å²) in [5.74, 6) is 1.69. The normalized spacial score (nSPS) is 19.4. The van der Waals surface area contributed by atoms with Crippen LogP contribution in [0.5, 0.6) is 0 Å². The van der Waals surface area contributed by atoms with Gasteiger partial charge in [-0.2, -0.15) is 0 Å². The van der Waals surface area contributed by atoms with E-state index in [0.717, 1.165) is 49.6 Å². The topological polar surface area (TPSA) is 64.8 Å². The lowest BCUT2D eigenvalue weighted by molar-refractivity contribution is -0.139. The van der Waals surface area contributed by atoms with Gasteiger partial charge in [0, 0.05) is 26.0 Å². The number of hydrogen-bond acceptors (Lipinski definition) is 5. The Labute approximate surface area is 165 Å². The van der Waals surface area contributed by atoms with E-state index >= 15 is 0 Å². The van der Waals surface area contributed by atoms with Gasteiger partial charge >= 0.3 is 0 Å². The molecule has 4 rings (SSSR count). The van der Waals surface area contributed by atoms with Crippen LogP contribution in [0, 0.1) is 0 Å². The van der Waals surface area contributed by atoms with E-state index in [1.165, 1.54) is 12.0 Å². The predicted octanol–water partition coefficient (Wildman–Crippen LogP) is 2.93. The molecule has 1 atom stereocenters. The summed E-state index contributed by atoms with van der Waals surface area (Å²) < 4.78 is 17.2. The second-order valence-electron chi connectivity index (χ2n) is 7.53. The van der Waals surface area contributed by atoms with Crippen LogP contribution in [0.15, 0.2) is 34.7 Å². The van der Waals surface area contributed by atoms with E-state index in [9.17, 15) is 4.79 Å². The molecule has 0 N–H and O–H groups in total. The van der Waals surface area contributed by atoms with E-state index in [-0.39, 0.29) is 18.6 Å². The van der Waals surface area contributed by atoms with Gasteiger partial charge in [0.1, 0.15) is 18.1 Å². The summed E-state index contributed by atoms with van der Waals surface area (Å²) in [7, 11) is 0. The van der Waals surface area contributed by atoms with Gasteiger partial charge < -0.3 is 18.8 Å². The van der Waals surface area contributed by atoms with Crippen LogP contribution in [0.25, 0.3) is 0 Å². The Morgan fingerprint density at radius 3 is 2.93 bits per heavy atom. The monoisotopic (exact) mass is 384 g/mol. The fraction of sp³-hybridized carbons (Fsp3) is 0.545. The summed E-state index contributed by atoms with van der Waals surface area (Å²) in [6, 6.07) is 10.3. The number of aryl methyl sites for hydroxylation is 2. The van der Waals surface area contributed by atoms with Crippen LogP contribution < -0.4 is 0 Å². The molecule has 0 aliphatic carbocycles. The number of benzene rings is 1. The summed E-state index contributed by atoms with van der Waals surface area (Å²) in [4.78, 5) is 18.9. The molecule has 6 nitrogen and oxygen atoms in total. The molecular weight excluding hydrogens is 356 g/mol. The SMILES string of the molecule is O=C(COCC1CCCCO1)N1CCc2oc(CCc3ccccc3)nc2C1. The minimum Gasteiger partial charge on any atom is -0.445 e. The Bertz CT molecular complexity index is 768. The number of carbonyl (C=O) groups excluding carboxylic acids is 1. The van der Waals surface area contributed by atoms with Crippen molar-refractivity contribution in [2.75, 3.05) is 26.4 Å². The zero-order chi connectivity index (χ0) is 19.2. The largest absolute Gasteiger partial charge is 0.445 e. The minimum absolute atomic E-state index is 0.00953. The van der Waals surface area contributed by atoms with Crippen LogP contribution in [-0.2, 0) is 40.1 Å². The van der Waals surface area contributed by atoms with Gasteiger partial charge in [-0.3, -0.25) is 4.79 Å². The molecule has 0 bridgehead atoms. The Hall–Kier alpha value is -2.18. The van der Waals surface area contributed by atoms with Gasteiger partial charge in [0.15, 0.2) is 5.89 Å². The minimum atomic E-state index is 0.00953. The quantitative estimate of drug-likeness (QED) is 0.734. The summed E-state index contributed by atoms with van der Waals surface area (Å²) in [6.07, 6.45) is 5.84. The molecule has 1 unspecified atom stereocenters. The van der Waals surface area contributed by atoms with E-state index in [1.807, 2.05) is 23.1 Å². The van der Waals surface area contributed by atoms with Gasteiger partial charge in [0.2, 0.25) is 5.91 Å². The van der Waals surface area contributed by atoms with E-state index in [0.29, 0.717) is 26.1 Å². The summed E-state index contributed by atoms with van der Waals surface area (Å²) in [6.45, 7) is 2.57. The molecule has 0 saturated carbocycles. The average molecular weight is 384 g/mol. The maximum Gasteiger partial charge on any atom is 0.248 e. The second-order valence-corrected chi connectivity index (χ2v) is 7.53. The molecule has 150 valence electrons. The van der Waals surface area contributed by atoms with Crippen molar-refractivity contribution in [2.24, 2.45) is 0 Å². The lowest BCUT2D eigenvalue weighted by atomic mass is 10.1. The number of fused-ring (bicyclic) bond motifs is 1. The molecule has 1 aromatic heterocycles. The van der Waals surface area contributed by atoms with Crippen molar-refractivity contribution in [1.29, 1.82) is 0 Å². The van der Waals surface area contributed by atoms with Crippen molar-refractivity contribution in [1.82, 2.24) is 9.88 Å². The third-order valence-corrected chi connectivity index (χ3v) is 5.40.